The second kappa shape index (κ2) is 15.6. The van der Waals surface area contributed by atoms with Crippen LogP contribution in [-0.2, 0) is 30.5 Å². The molecule has 0 spiro atoms. The predicted octanol–water partition coefficient (Wildman–Crippen LogP) is 5.85. The monoisotopic (exact) mass is 531 g/mol. The molecule has 2 aromatic rings. The number of rotatable bonds is 6. The SMILES string of the molecule is C=C[CH2-].CC(C)(O)[C@@H]1CCCN1Cc1ccccc1.CC(C)(O)[C@@H]1CCCN1Cc1ccccc1.[Cr]. The summed E-state index contributed by atoms with van der Waals surface area (Å²) in [6.45, 7) is 18.3. The van der Waals surface area contributed by atoms with Gasteiger partial charge in [-0.15, -0.1) is 0 Å². The molecule has 0 aromatic heterocycles. The molecule has 2 aliphatic rings. The van der Waals surface area contributed by atoms with Crippen LogP contribution in [0.5, 0.6) is 0 Å². The number of aliphatic hydroxyl groups is 2. The second-order valence-electron chi connectivity index (χ2n) is 10.8. The maximum atomic E-state index is 10.1. The van der Waals surface area contributed by atoms with Crippen molar-refractivity contribution in [3.05, 3.63) is 91.4 Å². The smallest absolute Gasteiger partial charge is 0.0746 e. The first-order valence-electron chi connectivity index (χ1n) is 13.0. The number of hydrogen-bond donors (Lipinski definition) is 2. The first kappa shape index (κ1) is 32.5. The van der Waals surface area contributed by atoms with E-state index in [9.17, 15) is 10.2 Å². The summed E-state index contributed by atoms with van der Waals surface area (Å²) in [5.74, 6) is 0. The summed E-state index contributed by atoms with van der Waals surface area (Å²) in [7, 11) is 0. The number of likely N-dealkylation sites (tertiary alicyclic amines) is 2. The molecule has 0 aliphatic carbocycles. The Morgan fingerprint density at radius 3 is 1.36 bits per heavy atom. The van der Waals surface area contributed by atoms with Crippen molar-refractivity contribution >= 4 is 0 Å². The molecule has 0 bridgehead atoms. The Kier molecular flexibility index (Phi) is 14.1. The summed E-state index contributed by atoms with van der Waals surface area (Å²) in [4.78, 5) is 4.80. The van der Waals surface area contributed by atoms with Gasteiger partial charge in [-0.05, 0) is 77.6 Å². The van der Waals surface area contributed by atoms with Crippen molar-refractivity contribution in [3.8, 4) is 0 Å². The Morgan fingerprint density at radius 2 is 1.08 bits per heavy atom. The van der Waals surface area contributed by atoms with Crippen LogP contribution < -0.4 is 0 Å². The van der Waals surface area contributed by atoms with Gasteiger partial charge in [0.15, 0.2) is 0 Å². The topological polar surface area (TPSA) is 46.9 Å². The third kappa shape index (κ3) is 10.8. The molecule has 4 nitrogen and oxygen atoms in total. The van der Waals surface area contributed by atoms with Gasteiger partial charge in [-0.25, -0.2) is 19.6 Å². The molecule has 36 heavy (non-hydrogen) atoms. The minimum atomic E-state index is -0.592. The predicted molar refractivity (Wildman–Crippen MR) is 148 cm³/mol. The average Bonchev–Trinajstić information content (AvgIpc) is 3.46. The van der Waals surface area contributed by atoms with Crippen molar-refractivity contribution in [1.82, 2.24) is 9.80 Å². The van der Waals surface area contributed by atoms with Crippen LogP contribution in [0, 0.1) is 6.92 Å². The third-order valence-electron chi connectivity index (χ3n) is 6.82. The summed E-state index contributed by atoms with van der Waals surface area (Å²) in [6.07, 6.45) is 6.11. The van der Waals surface area contributed by atoms with Crippen LogP contribution in [0.15, 0.2) is 73.3 Å². The van der Waals surface area contributed by atoms with Gasteiger partial charge >= 0.3 is 0 Å². The molecule has 2 aliphatic heterocycles. The van der Waals surface area contributed by atoms with Crippen LogP contribution in [0.3, 0.4) is 0 Å². The fourth-order valence-corrected chi connectivity index (χ4v) is 5.27. The molecule has 4 rings (SSSR count). The Bertz CT molecular complexity index is 777. The van der Waals surface area contributed by atoms with Gasteiger partial charge in [0.2, 0.25) is 0 Å². The Balaban J connectivity index is 0.000000317. The quantitative estimate of drug-likeness (QED) is 0.459. The van der Waals surface area contributed by atoms with Gasteiger partial charge in [-0.1, -0.05) is 60.7 Å². The van der Waals surface area contributed by atoms with Crippen molar-refractivity contribution in [2.24, 2.45) is 0 Å². The van der Waals surface area contributed by atoms with Crippen molar-refractivity contribution in [1.29, 1.82) is 0 Å². The van der Waals surface area contributed by atoms with Gasteiger partial charge in [0.1, 0.15) is 0 Å². The zero-order valence-corrected chi connectivity index (χ0v) is 24.0. The molecule has 0 amide bonds. The van der Waals surface area contributed by atoms with Crippen LogP contribution in [0.4, 0.5) is 0 Å². The zero-order valence-electron chi connectivity index (χ0n) is 22.8. The van der Waals surface area contributed by atoms with Gasteiger partial charge < -0.3 is 10.2 Å². The molecular formula is C31H47CrN2O2-. The van der Waals surface area contributed by atoms with Crippen LogP contribution in [0.2, 0.25) is 0 Å². The molecular weight excluding hydrogens is 484 g/mol. The van der Waals surface area contributed by atoms with E-state index in [-0.39, 0.29) is 17.4 Å². The summed E-state index contributed by atoms with van der Waals surface area (Å²) in [5.41, 5.74) is 1.48. The standard InChI is InChI=1S/2C14H21NO.C3H5.Cr/c2*1-14(2,16)13-9-6-10-15(13)11-12-7-4-3-5-8-12;1-3-2;/h2*3-5,7-8,13,16H,6,9-11H2,1-2H3;3H,1-2H2;/q;;-1;/t2*13-;;/m00../s1. The Morgan fingerprint density at radius 1 is 0.778 bits per heavy atom. The van der Waals surface area contributed by atoms with E-state index in [0.717, 1.165) is 39.0 Å². The molecule has 5 heteroatoms. The van der Waals surface area contributed by atoms with E-state index in [2.05, 4.69) is 71.8 Å². The van der Waals surface area contributed by atoms with E-state index in [0.29, 0.717) is 12.1 Å². The van der Waals surface area contributed by atoms with Gasteiger partial charge in [0.05, 0.1) is 11.2 Å². The maximum Gasteiger partial charge on any atom is 0.0746 e. The normalized spacial score (nSPS) is 20.4. The average molecular weight is 532 g/mol. The van der Waals surface area contributed by atoms with E-state index < -0.39 is 11.2 Å². The number of benzene rings is 2. The van der Waals surface area contributed by atoms with Crippen LogP contribution in [0.25, 0.3) is 0 Å². The van der Waals surface area contributed by atoms with E-state index in [1.807, 2.05) is 39.8 Å². The van der Waals surface area contributed by atoms with Crippen molar-refractivity contribution in [2.75, 3.05) is 13.1 Å². The molecule has 0 saturated carbocycles. The summed E-state index contributed by atoms with van der Waals surface area (Å²) >= 11 is 0. The first-order valence-corrected chi connectivity index (χ1v) is 13.0. The molecule has 2 saturated heterocycles. The molecule has 200 valence electrons. The Hall–Kier alpha value is -1.58. The van der Waals surface area contributed by atoms with E-state index in [1.54, 1.807) is 0 Å². The third-order valence-corrected chi connectivity index (χ3v) is 6.82. The van der Waals surface area contributed by atoms with Gasteiger partial charge in [-0.2, -0.15) is 0 Å². The minimum Gasteiger partial charge on any atom is -0.389 e. The summed E-state index contributed by atoms with van der Waals surface area (Å²) < 4.78 is 0. The molecule has 0 unspecified atom stereocenters. The largest absolute Gasteiger partial charge is 0.389 e. The second-order valence-corrected chi connectivity index (χ2v) is 10.8. The van der Waals surface area contributed by atoms with Crippen molar-refractivity contribution < 1.29 is 27.6 Å². The number of allylic oxidation sites excluding steroid dienone is 1. The van der Waals surface area contributed by atoms with Crippen LogP contribution in [0.1, 0.15) is 64.5 Å². The van der Waals surface area contributed by atoms with E-state index in [1.165, 1.54) is 30.0 Å². The molecule has 2 atom stereocenters. The van der Waals surface area contributed by atoms with E-state index in [4.69, 9.17) is 0 Å². The van der Waals surface area contributed by atoms with Crippen LogP contribution >= 0.6 is 0 Å². The number of nitrogens with zero attached hydrogens (tertiary/aromatic N) is 2. The molecule has 0 radical (unpaired) electrons. The van der Waals surface area contributed by atoms with Gasteiger partial charge in [0, 0.05) is 42.5 Å². The number of hydrogen-bond acceptors (Lipinski definition) is 4. The van der Waals surface area contributed by atoms with Gasteiger partial charge in [0.25, 0.3) is 0 Å². The molecule has 2 heterocycles. The maximum absolute atomic E-state index is 10.1. The molecule has 2 fully saturated rings. The minimum absolute atomic E-state index is 0. The van der Waals surface area contributed by atoms with E-state index >= 15 is 0 Å². The molecule has 2 N–H and O–H groups in total. The van der Waals surface area contributed by atoms with Gasteiger partial charge in [-0.3, -0.25) is 9.80 Å². The first-order chi connectivity index (χ1) is 16.6. The summed E-state index contributed by atoms with van der Waals surface area (Å²) in [5, 5.41) is 20.2. The fraction of sp³-hybridized carbons (Fsp3) is 0.516. The fourth-order valence-electron chi connectivity index (χ4n) is 5.27. The molecule has 2 aromatic carbocycles. The zero-order chi connectivity index (χ0) is 25.9. The van der Waals surface area contributed by atoms with Crippen molar-refractivity contribution in [2.45, 2.75) is 89.8 Å². The van der Waals surface area contributed by atoms with Crippen LogP contribution in [-0.4, -0.2) is 56.4 Å². The van der Waals surface area contributed by atoms with Crippen molar-refractivity contribution in [3.63, 3.8) is 0 Å². The summed E-state index contributed by atoms with van der Waals surface area (Å²) in [6, 6.07) is 21.6. The Labute approximate surface area is 231 Å².